The van der Waals surface area contributed by atoms with Crippen LogP contribution in [-0.4, -0.2) is 20.7 Å². The summed E-state index contributed by atoms with van der Waals surface area (Å²) < 4.78 is 1.59. The maximum atomic E-state index is 11.4. The van der Waals surface area contributed by atoms with Crippen molar-refractivity contribution < 1.29 is 9.63 Å². The Morgan fingerprint density at radius 3 is 2.88 bits per heavy atom. The van der Waals surface area contributed by atoms with Gasteiger partial charge in [0.25, 0.3) is 5.91 Å². The van der Waals surface area contributed by atoms with Gasteiger partial charge in [-0.15, -0.1) is 0 Å². The molecule has 2 rings (SSSR count). The highest BCUT2D eigenvalue weighted by atomic mass is 16.7. The molecule has 1 amide bonds. The highest BCUT2D eigenvalue weighted by Gasteiger charge is 2.02. The second-order valence-electron chi connectivity index (χ2n) is 3.35. The number of hydroxylamine groups is 1. The number of nitrogens with one attached hydrogen (secondary N) is 1. The molecular formula is C11H12N4O2. The Morgan fingerprint density at radius 1 is 1.35 bits per heavy atom. The standard InChI is InChI=1S/C11H12N4O2/c16-11(6-7-15-9-12-8-13-15)14-17-10-4-2-1-3-5-10/h1-5,8-9H,6-7H2,(H,14,16). The lowest BCUT2D eigenvalue weighted by Gasteiger charge is -2.06. The van der Waals surface area contributed by atoms with Crippen molar-refractivity contribution in [2.24, 2.45) is 0 Å². The molecule has 0 saturated heterocycles. The van der Waals surface area contributed by atoms with Gasteiger partial charge in [-0.3, -0.25) is 9.48 Å². The van der Waals surface area contributed by atoms with Crippen molar-refractivity contribution >= 4 is 5.91 Å². The number of hydrogen-bond donors (Lipinski definition) is 1. The molecule has 0 radical (unpaired) electrons. The second-order valence-corrected chi connectivity index (χ2v) is 3.35. The van der Waals surface area contributed by atoms with Crippen molar-refractivity contribution in [3.8, 4) is 5.75 Å². The predicted octanol–water partition coefficient (Wildman–Crippen LogP) is 0.778. The minimum Gasteiger partial charge on any atom is -0.380 e. The van der Waals surface area contributed by atoms with E-state index in [1.165, 1.54) is 6.33 Å². The van der Waals surface area contributed by atoms with Gasteiger partial charge in [0.15, 0.2) is 5.75 Å². The van der Waals surface area contributed by atoms with Crippen molar-refractivity contribution in [2.75, 3.05) is 0 Å². The first-order chi connectivity index (χ1) is 8.34. The molecular weight excluding hydrogens is 220 g/mol. The van der Waals surface area contributed by atoms with E-state index in [1.54, 1.807) is 23.1 Å². The van der Waals surface area contributed by atoms with Gasteiger partial charge in [-0.2, -0.15) is 10.6 Å². The van der Waals surface area contributed by atoms with Crippen molar-refractivity contribution in [2.45, 2.75) is 13.0 Å². The molecule has 0 fully saturated rings. The zero-order valence-corrected chi connectivity index (χ0v) is 9.11. The van der Waals surface area contributed by atoms with Gasteiger partial charge in [0.1, 0.15) is 12.7 Å². The summed E-state index contributed by atoms with van der Waals surface area (Å²) in [4.78, 5) is 20.3. The Balaban J connectivity index is 1.71. The molecule has 0 saturated carbocycles. The van der Waals surface area contributed by atoms with Crippen LogP contribution in [0, 0.1) is 0 Å². The smallest absolute Gasteiger partial charge is 0.254 e. The van der Waals surface area contributed by atoms with Crippen LogP contribution < -0.4 is 10.3 Å². The van der Waals surface area contributed by atoms with E-state index in [0.29, 0.717) is 12.3 Å². The van der Waals surface area contributed by atoms with Crippen LogP contribution in [0.5, 0.6) is 5.75 Å². The van der Waals surface area contributed by atoms with Crippen molar-refractivity contribution in [3.05, 3.63) is 43.0 Å². The van der Waals surface area contributed by atoms with E-state index in [9.17, 15) is 4.79 Å². The maximum Gasteiger partial charge on any atom is 0.254 e. The summed E-state index contributed by atoms with van der Waals surface area (Å²) in [5, 5.41) is 3.89. The molecule has 1 aromatic heterocycles. The van der Waals surface area contributed by atoms with Crippen LogP contribution in [0.25, 0.3) is 0 Å². The van der Waals surface area contributed by atoms with Crippen molar-refractivity contribution in [1.29, 1.82) is 0 Å². The normalized spacial score (nSPS) is 9.88. The minimum atomic E-state index is -0.204. The molecule has 1 N–H and O–H groups in total. The van der Waals surface area contributed by atoms with E-state index < -0.39 is 0 Å². The number of carbonyl (C=O) groups is 1. The molecule has 88 valence electrons. The van der Waals surface area contributed by atoms with Crippen LogP contribution in [0.4, 0.5) is 0 Å². The molecule has 17 heavy (non-hydrogen) atoms. The van der Waals surface area contributed by atoms with Crippen LogP contribution in [0.15, 0.2) is 43.0 Å². The number of benzene rings is 1. The quantitative estimate of drug-likeness (QED) is 0.773. The fraction of sp³-hybridized carbons (Fsp3) is 0.182. The largest absolute Gasteiger partial charge is 0.380 e. The summed E-state index contributed by atoms with van der Waals surface area (Å²) in [6.07, 6.45) is 3.28. The summed E-state index contributed by atoms with van der Waals surface area (Å²) in [7, 11) is 0. The number of aromatic nitrogens is 3. The average Bonchev–Trinajstić information content (AvgIpc) is 2.88. The van der Waals surface area contributed by atoms with Gasteiger partial charge >= 0.3 is 0 Å². The molecule has 0 spiro atoms. The van der Waals surface area contributed by atoms with Gasteiger partial charge in [-0.1, -0.05) is 18.2 Å². The highest BCUT2D eigenvalue weighted by molar-refractivity contribution is 5.74. The number of hydrogen-bond acceptors (Lipinski definition) is 4. The molecule has 1 aromatic carbocycles. The lowest BCUT2D eigenvalue weighted by molar-refractivity contribution is -0.127. The molecule has 6 nitrogen and oxygen atoms in total. The maximum absolute atomic E-state index is 11.4. The number of carbonyl (C=O) groups excluding carboxylic acids is 1. The second kappa shape index (κ2) is 5.64. The fourth-order valence-corrected chi connectivity index (χ4v) is 1.22. The van der Waals surface area contributed by atoms with Crippen LogP contribution in [0.2, 0.25) is 0 Å². The predicted molar refractivity (Wildman–Crippen MR) is 59.9 cm³/mol. The average molecular weight is 232 g/mol. The van der Waals surface area contributed by atoms with Gasteiger partial charge in [0.05, 0.1) is 6.54 Å². The topological polar surface area (TPSA) is 69.0 Å². The Kier molecular flexibility index (Phi) is 3.69. The summed E-state index contributed by atoms with van der Waals surface area (Å²) >= 11 is 0. The molecule has 2 aromatic rings. The third-order valence-electron chi connectivity index (χ3n) is 2.06. The highest BCUT2D eigenvalue weighted by Crippen LogP contribution is 2.06. The first kappa shape index (κ1) is 11.1. The van der Waals surface area contributed by atoms with E-state index in [-0.39, 0.29) is 12.3 Å². The van der Waals surface area contributed by atoms with E-state index in [0.717, 1.165) is 0 Å². The molecule has 0 aliphatic carbocycles. The summed E-state index contributed by atoms with van der Waals surface area (Å²) in [6, 6.07) is 9.06. The van der Waals surface area contributed by atoms with Crippen LogP contribution in [-0.2, 0) is 11.3 Å². The third kappa shape index (κ3) is 3.60. The Labute approximate surface area is 98.2 Å². The molecule has 0 bridgehead atoms. The lowest BCUT2D eigenvalue weighted by atomic mass is 10.3. The van der Waals surface area contributed by atoms with E-state index >= 15 is 0 Å². The van der Waals surface area contributed by atoms with Gasteiger partial charge in [0, 0.05) is 6.42 Å². The van der Waals surface area contributed by atoms with Crippen molar-refractivity contribution in [1.82, 2.24) is 20.2 Å². The SMILES string of the molecule is O=C(CCn1cncn1)NOc1ccccc1. The van der Waals surface area contributed by atoms with Gasteiger partial charge < -0.3 is 4.84 Å². The van der Waals surface area contributed by atoms with Gasteiger partial charge in [0.2, 0.25) is 0 Å². The number of rotatable bonds is 5. The molecule has 0 aliphatic rings. The van der Waals surface area contributed by atoms with E-state index in [1.807, 2.05) is 18.2 Å². The molecule has 0 unspecified atom stereocenters. The minimum absolute atomic E-state index is 0.204. The number of amides is 1. The Hall–Kier alpha value is -2.37. The first-order valence-electron chi connectivity index (χ1n) is 5.18. The first-order valence-corrected chi connectivity index (χ1v) is 5.18. The monoisotopic (exact) mass is 232 g/mol. The number of aryl methyl sites for hydroxylation is 1. The van der Waals surface area contributed by atoms with Gasteiger partial charge in [-0.25, -0.2) is 4.98 Å². The Morgan fingerprint density at radius 2 is 2.18 bits per heavy atom. The fourth-order valence-electron chi connectivity index (χ4n) is 1.22. The number of nitrogens with zero attached hydrogens (tertiary/aromatic N) is 3. The van der Waals surface area contributed by atoms with Crippen LogP contribution >= 0.6 is 0 Å². The third-order valence-corrected chi connectivity index (χ3v) is 2.06. The molecule has 1 heterocycles. The zero-order valence-electron chi connectivity index (χ0n) is 9.11. The summed E-state index contributed by atoms with van der Waals surface area (Å²) in [5.41, 5.74) is 2.36. The molecule has 0 aliphatic heterocycles. The molecule has 0 atom stereocenters. The zero-order chi connectivity index (χ0) is 11.9. The van der Waals surface area contributed by atoms with Crippen LogP contribution in [0.3, 0.4) is 0 Å². The summed E-state index contributed by atoms with van der Waals surface area (Å²) in [6.45, 7) is 0.476. The van der Waals surface area contributed by atoms with Gasteiger partial charge in [-0.05, 0) is 12.1 Å². The van der Waals surface area contributed by atoms with E-state index in [4.69, 9.17) is 4.84 Å². The Bertz CT molecular complexity index is 456. The summed E-state index contributed by atoms with van der Waals surface area (Å²) in [5.74, 6) is 0.394. The van der Waals surface area contributed by atoms with Crippen LogP contribution in [0.1, 0.15) is 6.42 Å². The van der Waals surface area contributed by atoms with Crippen molar-refractivity contribution in [3.63, 3.8) is 0 Å². The van der Waals surface area contributed by atoms with E-state index in [2.05, 4.69) is 15.6 Å². The number of para-hydroxylation sites is 1. The molecule has 6 heteroatoms. The lowest BCUT2D eigenvalue weighted by Crippen LogP contribution is -2.27.